The van der Waals surface area contributed by atoms with E-state index >= 15 is 0 Å². The maximum absolute atomic E-state index is 12.1. The van der Waals surface area contributed by atoms with Crippen LogP contribution in [0.25, 0.3) is 0 Å². The molecule has 1 rings (SSSR count). The fourth-order valence-electron chi connectivity index (χ4n) is 2.33. The molecule has 118 valence electrons. The Morgan fingerprint density at radius 3 is 2.52 bits per heavy atom. The van der Waals surface area contributed by atoms with Gasteiger partial charge in [-0.25, -0.2) is 0 Å². The minimum Gasteiger partial charge on any atom is -0.481 e. The number of nitrogens with one attached hydrogen (secondary N) is 1. The van der Waals surface area contributed by atoms with Gasteiger partial charge in [0, 0.05) is 18.7 Å². The molecular formula is C15H25N3O3. The maximum atomic E-state index is 12.1. The summed E-state index contributed by atoms with van der Waals surface area (Å²) in [5, 5.41) is 15.8. The zero-order valence-electron chi connectivity index (χ0n) is 13.2. The van der Waals surface area contributed by atoms with Gasteiger partial charge in [0.15, 0.2) is 0 Å². The van der Waals surface area contributed by atoms with Crippen molar-refractivity contribution in [2.45, 2.75) is 53.0 Å². The second kappa shape index (κ2) is 7.81. The molecule has 1 aromatic rings. The number of carbonyl (C=O) groups excluding carboxylic acids is 1. The van der Waals surface area contributed by atoms with Crippen LogP contribution < -0.4 is 5.32 Å². The van der Waals surface area contributed by atoms with Crippen molar-refractivity contribution in [3.8, 4) is 0 Å². The predicted octanol–water partition coefficient (Wildman–Crippen LogP) is 2.39. The molecule has 6 nitrogen and oxygen atoms in total. The van der Waals surface area contributed by atoms with Crippen LogP contribution in [0.5, 0.6) is 0 Å². The Balaban J connectivity index is 2.67. The Morgan fingerprint density at radius 2 is 2.00 bits per heavy atom. The van der Waals surface area contributed by atoms with Gasteiger partial charge in [0.1, 0.15) is 5.69 Å². The molecule has 0 aliphatic carbocycles. The van der Waals surface area contributed by atoms with Gasteiger partial charge in [-0.1, -0.05) is 20.8 Å². The number of rotatable bonds is 8. The molecule has 2 N–H and O–H groups in total. The Kier molecular flexibility index (Phi) is 6.39. The smallest absolute Gasteiger partial charge is 0.303 e. The van der Waals surface area contributed by atoms with Gasteiger partial charge in [-0.05, 0) is 31.7 Å². The molecule has 6 heteroatoms. The second-order valence-corrected chi connectivity index (χ2v) is 5.50. The van der Waals surface area contributed by atoms with Crippen LogP contribution in [0.3, 0.4) is 0 Å². The monoisotopic (exact) mass is 295 g/mol. The van der Waals surface area contributed by atoms with Gasteiger partial charge in [-0.15, -0.1) is 0 Å². The lowest BCUT2D eigenvalue weighted by Gasteiger charge is -2.14. The van der Waals surface area contributed by atoms with Gasteiger partial charge < -0.3 is 10.4 Å². The molecule has 1 atom stereocenters. The van der Waals surface area contributed by atoms with Crippen LogP contribution in [0.1, 0.15) is 62.3 Å². The molecule has 1 unspecified atom stereocenters. The molecule has 0 radical (unpaired) electrons. The highest BCUT2D eigenvalue weighted by Crippen LogP contribution is 2.17. The number of aryl methyl sites for hydroxylation is 1. The van der Waals surface area contributed by atoms with Crippen molar-refractivity contribution in [2.24, 2.45) is 5.92 Å². The number of aliphatic carboxylic acids is 1. The van der Waals surface area contributed by atoms with Crippen molar-refractivity contribution in [3.63, 3.8) is 0 Å². The Morgan fingerprint density at radius 1 is 1.38 bits per heavy atom. The number of hydrogen-bond acceptors (Lipinski definition) is 3. The van der Waals surface area contributed by atoms with E-state index in [1.54, 1.807) is 13.0 Å². The first kappa shape index (κ1) is 17.2. The lowest BCUT2D eigenvalue weighted by Crippen LogP contribution is -2.29. The highest BCUT2D eigenvalue weighted by Gasteiger charge is 2.17. The van der Waals surface area contributed by atoms with E-state index in [9.17, 15) is 9.59 Å². The number of aromatic nitrogens is 2. The largest absolute Gasteiger partial charge is 0.481 e. The van der Waals surface area contributed by atoms with E-state index in [0.29, 0.717) is 18.3 Å². The van der Waals surface area contributed by atoms with Gasteiger partial charge >= 0.3 is 5.97 Å². The van der Waals surface area contributed by atoms with E-state index in [0.717, 1.165) is 18.5 Å². The van der Waals surface area contributed by atoms with Gasteiger partial charge in [-0.3, -0.25) is 14.3 Å². The molecule has 1 aromatic heterocycles. The minimum absolute atomic E-state index is 0.0431. The van der Waals surface area contributed by atoms with E-state index in [-0.39, 0.29) is 18.2 Å². The average Bonchev–Trinajstić information content (AvgIpc) is 2.79. The van der Waals surface area contributed by atoms with Crippen LogP contribution in [0.2, 0.25) is 0 Å². The fraction of sp³-hybridized carbons (Fsp3) is 0.667. The first-order chi connectivity index (χ1) is 9.88. The number of carboxylic acids is 1. The number of amides is 1. The first-order valence-electron chi connectivity index (χ1n) is 7.45. The number of carbonyl (C=O) groups is 2. The third-order valence-electron chi connectivity index (χ3n) is 3.58. The summed E-state index contributed by atoms with van der Waals surface area (Å²) >= 11 is 0. The van der Waals surface area contributed by atoms with E-state index in [4.69, 9.17) is 5.11 Å². The number of hydrogen-bond donors (Lipinski definition) is 2. The predicted molar refractivity (Wildman–Crippen MR) is 80.3 cm³/mol. The van der Waals surface area contributed by atoms with Crippen LogP contribution in [0.15, 0.2) is 6.07 Å². The standard InChI is InChI=1S/C15H25N3O3/c1-5-12(6-2)18-11(4)8-13(17-18)15(21)16-9-10(3)7-14(19)20/h8,10,12H,5-7,9H2,1-4H3,(H,16,21)(H,19,20). The van der Waals surface area contributed by atoms with Crippen LogP contribution in [0, 0.1) is 12.8 Å². The molecule has 0 bridgehead atoms. The van der Waals surface area contributed by atoms with E-state index in [1.807, 2.05) is 11.6 Å². The Bertz CT molecular complexity index is 492. The van der Waals surface area contributed by atoms with Gasteiger partial charge in [-0.2, -0.15) is 5.10 Å². The molecule has 0 aliphatic heterocycles. The first-order valence-corrected chi connectivity index (χ1v) is 7.45. The van der Waals surface area contributed by atoms with Crippen LogP contribution in [0.4, 0.5) is 0 Å². The third-order valence-corrected chi connectivity index (χ3v) is 3.58. The molecular weight excluding hydrogens is 270 g/mol. The van der Waals surface area contributed by atoms with E-state index in [1.165, 1.54) is 0 Å². The molecule has 0 spiro atoms. The topological polar surface area (TPSA) is 84.2 Å². The quantitative estimate of drug-likeness (QED) is 0.771. The molecule has 0 aliphatic rings. The van der Waals surface area contributed by atoms with Crippen molar-refractivity contribution in [3.05, 3.63) is 17.5 Å². The van der Waals surface area contributed by atoms with Crippen molar-refractivity contribution in [2.75, 3.05) is 6.54 Å². The van der Waals surface area contributed by atoms with Crippen molar-refractivity contribution in [1.29, 1.82) is 0 Å². The zero-order chi connectivity index (χ0) is 16.0. The van der Waals surface area contributed by atoms with Crippen molar-refractivity contribution >= 4 is 11.9 Å². The summed E-state index contributed by atoms with van der Waals surface area (Å²) in [7, 11) is 0. The Labute approximate surface area is 125 Å². The van der Waals surface area contributed by atoms with Crippen LogP contribution >= 0.6 is 0 Å². The summed E-state index contributed by atoms with van der Waals surface area (Å²) < 4.78 is 1.90. The normalized spacial score (nSPS) is 12.4. The highest BCUT2D eigenvalue weighted by molar-refractivity contribution is 5.92. The SMILES string of the molecule is CCC(CC)n1nc(C(=O)NCC(C)CC(=O)O)cc1C. The summed E-state index contributed by atoms with van der Waals surface area (Å²) in [6.07, 6.45) is 1.98. The highest BCUT2D eigenvalue weighted by atomic mass is 16.4. The van der Waals surface area contributed by atoms with E-state index in [2.05, 4.69) is 24.3 Å². The van der Waals surface area contributed by atoms with Gasteiger partial charge in [0.05, 0.1) is 6.04 Å². The maximum Gasteiger partial charge on any atom is 0.303 e. The van der Waals surface area contributed by atoms with Gasteiger partial charge in [0.25, 0.3) is 5.91 Å². The number of carboxylic acid groups (broad SMARTS) is 1. The molecule has 1 heterocycles. The minimum atomic E-state index is -0.856. The summed E-state index contributed by atoms with van der Waals surface area (Å²) in [6, 6.07) is 2.08. The average molecular weight is 295 g/mol. The third kappa shape index (κ3) is 4.88. The van der Waals surface area contributed by atoms with Gasteiger partial charge in [0.2, 0.25) is 0 Å². The summed E-state index contributed by atoms with van der Waals surface area (Å²) in [4.78, 5) is 22.7. The summed E-state index contributed by atoms with van der Waals surface area (Å²) in [5.74, 6) is -1.21. The molecule has 21 heavy (non-hydrogen) atoms. The fourth-order valence-corrected chi connectivity index (χ4v) is 2.33. The molecule has 0 fully saturated rings. The molecule has 0 saturated carbocycles. The second-order valence-electron chi connectivity index (χ2n) is 5.50. The van der Waals surface area contributed by atoms with Crippen LogP contribution in [-0.4, -0.2) is 33.3 Å². The molecule has 1 amide bonds. The number of nitrogens with zero attached hydrogens (tertiary/aromatic N) is 2. The lowest BCUT2D eigenvalue weighted by atomic mass is 10.1. The van der Waals surface area contributed by atoms with E-state index < -0.39 is 5.97 Å². The Hall–Kier alpha value is -1.85. The van der Waals surface area contributed by atoms with Crippen LogP contribution in [-0.2, 0) is 4.79 Å². The lowest BCUT2D eigenvalue weighted by molar-refractivity contribution is -0.137. The summed E-state index contributed by atoms with van der Waals surface area (Å²) in [6.45, 7) is 8.27. The van der Waals surface area contributed by atoms with Crippen molar-refractivity contribution in [1.82, 2.24) is 15.1 Å². The molecule has 0 saturated heterocycles. The van der Waals surface area contributed by atoms with Crippen molar-refractivity contribution < 1.29 is 14.7 Å². The summed E-state index contributed by atoms with van der Waals surface area (Å²) in [5.41, 5.74) is 1.36. The zero-order valence-corrected chi connectivity index (χ0v) is 13.2. The molecule has 0 aromatic carbocycles.